The van der Waals surface area contributed by atoms with Crippen molar-refractivity contribution in [2.45, 2.75) is 77.2 Å². The van der Waals surface area contributed by atoms with Crippen LogP contribution in [-0.4, -0.2) is 55.8 Å². The lowest BCUT2D eigenvalue weighted by Crippen LogP contribution is -2.53. The molecule has 0 spiro atoms. The third kappa shape index (κ3) is 4.49. The van der Waals surface area contributed by atoms with Crippen LogP contribution in [0.25, 0.3) is 0 Å². The van der Waals surface area contributed by atoms with E-state index in [1.807, 2.05) is 6.92 Å². The Morgan fingerprint density at radius 2 is 1.69 bits per heavy atom. The molecule has 164 valence electrons. The second-order valence-corrected chi connectivity index (χ2v) is 12.4. The predicted octanol–water partition coefficient (Wildman–Crippen LogP) is 2.52. The van der Waals surface area contributed by atoms with Gasteiger partial charge in [-0.25, -0.2) is 8.42 Å². The molecular weight excluding hydrogens is 388 g/mol. The van der Waals surface area contributed by atoms with E-state index in [9.17, 15) is 18.0 Å². The minimum atomic E-state index is -3.00. The molecule has 1 unspecified atom stereocenters. The second-order valence-electron chi connectivity index (χ2n) is 10.2. The molecule has 0 aromatic carbocycles. The number of hydrogen-bond acceptors (Lipinski definition) is 4. The first kappa shape index (κ1) is 21.1. The van der Waals surface area contributed by atoms with Gasteiger partial charge < -0.3 is 10.2 Å². The van der Waals surface area contributed by atoms with Gasteiger partial charge in [0.1, 0.15) is 0 Å². The average molecular weight is 425 g/mol. The third-order valence-electron chi connectivity index (χ3n) is 7.81. The normalized spacial score (nSPS) is 36.9. The van der Waals surface area contributed by atoms with Crippen LogP contribution in [0.5, 0.6) is 0 Å². The minimum absolute atomic E-state index is 0.0259. The molecule has 1 aliphatic heterocycles. The summed E-state index contributed by atoms with van der Waals surface area (Å²) in [5, 5.41) is 3.14. The van der Waals surface area contributed by atoms with Gasteiger partial charge in [0.25, 0.3) is 0 Å². The van der Waals surface area contributed by atoms with Crippen LogP contribution in [0.2, 0.25) is 0 Å². The number of rotatable bonds is 8. The van der Waals surface area contributed by atoms with Gasteiger partial charge in [0, 0.05) is 31.0 Å². The highest BCUT2D eigenvalue weighted by atomic mass is 32.2. The summed E-state index contributed by atoms with van der Waals surface area (Å²) >= 11 is 0. The van der Waals surface area contributed by atoms with Gasteiger partial charge >= 0.3 is 0 Å². The van der Waals surface area contributed by atoms with Crippen LogP contribution in [0.1, 0.15) is 71.1 Å². The van der Waals surface area contributed by atoms with E-state index in [0.29, 0.717) is 32.4 Å². The molecule has 0 aromatic rings. The fourth-order valence-corrected chi connectivity index (χ4v) is 8.67. The Hall–Kier alpha value is -1.11. The molecule has 29 heavy (non-hydrogen) atoms. The molecule has 6 nitrogen and oxygen atoms in total. The molecule has 1 atom stereocenters. The Morgan fingerprint density at radius 1 is 1.07 bits per heavy atom. The van der Waals surface area contributed by atoms with Crippen LogP contribution in [0, 0.1) is 23.2 Å². The van der Waals surface area contributed by atoms with Gasteiger partial charge in [-0.2, -0.15) is 0 Å². The molecular formula is C22H36N2O4S. The van der Waals surface area contributed by atoms with Crippen molar-refractivity contribution >= 4 is 21.7 Å². The number of hydrogen-bond donors (Lipinski definition) is 1. The molecule has 1 heterocycles. The van der Waals surface area contributed by atoms with E-state index >= 15 is 0 Å². The highest BCUT2D eigenvalue weighted by molar-refractivity contribution is 7.91. The fraction of sp³-hybridized carbons (Fsp3) is 0.909. The molecule has 4 aliphatic carbocycles. The lowest BCUT2D eigenvalue weighted by atomic mass is 9.49. The number of amides is 2. The average Bonchev–Trinajstić information content (AvgIpc) is 3.01. The first-order valence-electron chi connectivity index (χ1n) is 11.6. The smallest absolute Gasteiger partial charge is 0.226 e. The molecule has 1 saturated heterocycles. The zero-order chi connectivity index (χ0) is 20.6. The van der Waals surface area contributed by atoms with E-state index in [1.165, 1.54) is 19.3 Å². The molecule has 0 aromatic heterocycles. The molecule has 7 heteroatoms. The largest absolute Gasteiger partial charge is 0.356 e. The van der Waals surface area contributed by atoms with Crippen LogP contribution in [0.3, 0.4) is 0 Å². The van der Waals surface area contributed by atoms with Crippen molar-refractivity contribution < 1.29 is 18.0 Å². The van der Waals surface area contributed by atoms with E-state index in [2.05, 4.69) is 5.32 Å². The number of carbonyl (C=O) groups is 2. The Balaban J connectivity index is 1.24. The van der Waals surface area contributed by atoms with Crippen LogP contribution in [0.4, 0.5) is 0 Å². The molecule has 4 saturated carbocycles. The van der Waals surface area contributed by atoms with Crippen LogP contribution in [0.15, 0.2) is 0 Å². The summed E-state index contributed by atoms with van der Waals surface area (Å²) in [4.78, 5) is 27.5. The Bertz CT molecular complexity index is 713. The quantitative estimate of drug-likeness (QED) is 0.607. The van der Waals surface area contributed by atoms with Crippen molar-refractivity contribution in [3.05, 3.63) is 0 Å². The number of sulfone groups is 1. The summed E-state index contributed by atoms with van der Waals surface area (Å²) in [6.07, 6.45) is 9.52. The maximum Gasteiger partial charge on any atom is 0.226 e. The molecule has 5 aliphatic rings. The van der Waals surface area contributed by atoms with Gasteiger partial charge in [-0.1, -0.05) is 6.92 Å². The highest BCUT2D eigenvalue weighted by Gasteiger charge is 2.54. The van der Waals surface area contributed by atoms with E-state index in [-0.39, 0.29) is 34.8 Å². The summed E-state index contributed by atoms with van der Waals surface area (Å²) in [6.45, 7) is 3.16. The van der Waals surface area contributed by atoms with Crippen molar-refractivity contribution in [2.24, 2.45) is 23.2 Å². The van der Waals surface area contributed by atoms with Gasteiger partial charge in [-0.15, -0.1) is 0 Å². The van der Waals surface area contributed by atoms with Gasteiger partial charge in [-0.3, -0.25) is 9.59 Å². The zero-order valence-corrected chi connectivity index (χ0v) is 18.5. The molecule has 4 bridgehead atoms. The maximum atomic E-state index is 13.0. The predicted molar refractivity (Wildman–Crippen MR) is 112 cm³/mol. The van der Waals surface area contributed by atoms with E-state index < -0.39 is 9.84 Å². The summed E-state index contributed by atoms with van der Waals surface area (Å²) in [7, 11) is -3.00. The monoisotopic (exact) mass is 424 g/mol. The van der Waals surface area contributed by atoms with E-state index in [0.717, 1.165) is 43.4 Å². The molecule has 5 fully saturated rings. The number of nitrogens with zero attached hydrogens (tertiary/aromatic N) is 1. The van der Waals surface area contributed by atoms with Crippen LogP contribution in [-0.2, 0) is 19.4 Å². The standard InChI is InChI=1S/C22H36N2O4S/c1-2-7-24(19-5-8-29(27,28)15-19)20(25)4-3-6-23-21(26)22-12-16-9-17(13-22)11-18(10-16)14-22/h16-19H,2-15H2,1H3,(H,23,26). The topological polar surface area (TPSA) is 83.6 Å². The van der Waals surface area contributed by atoms with Gasteiger partial charge in [0.05, 0.1) is 11.5 Å². The lowest BCUT2D eigenvalue weighted by molar-refractivity contribution is -0.146. The maximum absolute atomic E-state index is 13.0. The summed E-state index contributed by atoms with van der Waals surface area (Å²) in [5.74, 6) is 2.78. The molecule has 2 amide bonds. The highest BCUT2D eigenvalue weighted by Crippen LogP contribution is 2.60. The molecule has 0 radical (unpaired) electrons. The Labute approximate surface area is 175 Å². The van der Waals surface area contributed by atoms with Crippen LogP contribution >= 0.6 is 0 Å². The van der Waals surface area contributed by atoms with Crippen molar-refractivity contribution in [3.63, 3.8) is 0 Å². The van der Waals surface area contributed by atoms with E-state index in [1.54, 1.807) is 4.90 Å². The zero-order valence-electron chi connectivity index (χ0n) is 17.7. The summed E-state index contributed by atoms with van der Waals surface area (Å²) in [6, 6.07) is -0.172. The SMILES string of the molecule is CCCN(C(=O)CCCNC(=O)C12CC3CC(CC(C3)C1)C2)C1CCS(=O)(=O)C1. The van der Waals surface area contributed by atoms with Crippen LogP contribution < -0.4 is 5.32 Å². The summed E-state index contributed by atoms with van der Waals surface area (Å²) in [5.41, 5.74) is -0.134. The Morgan fingerprint density at radius 3 is 2.21 bits per heavy atom. The summed E-state index contributed by atoms with van der Waals surface area (Å²) < 4.78 is 23.6. The second kappa shape index (κ2) is 8.20. The minimum Gasteiger partial charge on any atom is -0.356 e. The number of nitrogens with one attached hydrogen (secondary N) is 1. The number of carbonyl (C=O) groups excluding carboxylic acids is 2. The first-order chi connectivity index (χ1) is 13.8. The third-order valence-corrected chi connectivity index (χ3v) is 9.56. The first-order valence-corrected chi connectivity index (χ1v) is 13.4. The molecule has 1 N–H and O–H groups in total. The van der Waals surface area contributed by atoms with E-state index in [4.69, 9.17) is 0 Å². The van der Waals surface area contributed by atoms with Gasteiger partial charge in [0.15, 0.2) is 9.84 Å². The van der Waals surface area contributed by atoms with Crippen molar-refractivity contribution in [1.82, 2.24) is 10.2 Å². The van der Waals surface area contributed by atoms with Crippen molar-refractivity contribution in [3.8, 4) is 0 Å². The Kier molecular flexibility index (Phi) is 5.97. The van der Waals surface area contributed by atoms with Crippen molar-refractivity contribution in [2.75, 3.05) is 24.6 Å². The molecule has 5 rings (SSSR count). The van der Waals surface area contributed by atoms with Gasteiger partial charge in [0.2, 0.25) is 11.8 Å². The van der Waals surface area contributed by atoms with Crippen molar-refractivity contribution in [1.29, 1.82) is 0 Å². The fourth-order valence-electron chi connectivity index (χ4n) is 6.93. The lowest BCUT2D eigenvalue weighted by Gasteiger charge is -2.55. The van der Waals surface area contributed by atoms with Gasteiger partial charge in [-0.05, 0) is 75.5 Å².